The van der Waals surface area contributed by atoms with Gasteiger partial charge >= 0.3 is 0 Å². The minimum atomic E-state index is -0.126. The van der Waals surface area contributed by atoms with Crippen molar-refractivity contribution in [2.24, 2.45) is 0 Å². The normalized spacial score (nSPS) is 10.2. The molecule has 1 aromatic heterocycles. The number of hydrogen-bond donors (Lipinski definition) is 0. The molecule has 0 unspecified atom stereocenters. The Morgan fingerprint density at radius 3 is 2.84 bits per heavy atom. The van der Waals surface area contributed by atoms with Gasteiger partial charge in [-0.15, -0.1) is 0 Å². The lowest BCUT2D eigenvalue weighted by atomic mass is 10.1. The summed E-state index contributed by atoms with van der Waals surface area (Å²) < 4.78 is 7.00. The number of hydrogen-bond acceptors (Lipinski definition) is 4. The fraction of sp³-hybridized carbons (Fsp3) is 0.214. The van der Waals surface area contributed by atoms with Crippen molar-refractivity contribution in [2.75, 3.05) is 6.61 Å². The monoisotopic (exact) mass is 258 g/mol. The second kappa shape index (κ2) is 5.95. The summed E-state index contributed by atoms with van der Waals surface area (Å²) in [5.74, 6) is 0.487. The van der Waals surface area contributed by atoms with Gasteiger partial charge in [0.2, 0.25) is 0 Å². The van der Waals surface area contributed by atoms with Crippen molar-refractivity contribution < 1.29 is 9.53 Å². The van der Waals surface area contributed by atoms with E-state index in [2.05, 4.69) is 4.98 Å². The van der Waals surface area contributed by atoms with Gasteiger partial charge in [0.15, 0.2) is 5.78 Å². The zero-order valence-corrected chi connectivity index (χ0v) is 10.6. The van der Waals surface area contributed by atoms with Crippen molar-refractivity contribution in [3.63, 3.8) is 0 Å². The highest BCUT2D eigenvalue weighted by Crippen LogP contribution is 2.18. The number of nitrogens with zero attached hydrogens (tertiary/aromatic N) is 2. The molecule has 0 radical (unpaired) electrons. The zero-order valence-electron chi connectivity index (χ0n) is 10.6. The highest BCUT2D eigenvalue weighted by atomic mass is 16.5. The van der Waals surface area contributed by atoms with Gasteiger partial charge in [-0.1, -0.05) is 12.1 Å². The average Bonchev–Trinajstić information content (AvgIpc) is 2.41. The van der Waals surface area contributed by atoms with Crippen LogP contribution < -0.4 is 10.3 Å². The molecule has 0 aliphatic carbocycles. The van der Waals surface area contributed by atoms with Crippen molar-refractivity contribution >= 4 is 5.78 Å². The number of ketones is 1. The van der Waals surface area contributed by atoms with E-state index in [-0.39, 0.29) is 11.3 Å². The van der Waals surface area contributed by atoms with Gasteiger partial charge in [-0.2, -0.15) is 0 Å². The van der Waals surface area contributed by atoms with E-state index in [4.69, 9.17) is 4.74 Å². The summed E-state index contributed by atoms with van der Waals surface area (Å²) in [6, 6.07) is 8.44. The summed E-state index contributed by atoms with van der Waals surface area (Å²) in [6.07, 6.45) is 2.91. The lowest BCUT2D eigenvalue weighted by Gasteiger charge is -2.10. The SMILES string of the molecule is CC(=O)c1ccccc1OCCn1cnccc1=O. The number of Topliss-reactive ketones (excluding diaryl/α,β-unsaturated/α-hetero) is 1. The summed E-state index contributed by atoms with van der Waals surface area (Å²) in [4.78, 5) is 26.7. The third-order valence-electron chi connectivity index (χ3n) is 2.65. The Morgan fingerprint density at radius 2 is 2.11 bits per heavy atom. The lowest BCUT2D eigenvalue weighted by Crippen LogP contribution is -2.22. The first-order valence-corrected chi connectivity index (χ1v) is 5.91. The van der Waals surface area contributed by atoms with Crippen LogP contribution in [0, 0.1) is 0 Å². The summed E-state index contributed by atoms with van der Waals surface area (Å²) >= 11 is 0. The second-order valence-corrected chi connectivity index (χ2v) is 4.01. The van der Waals surface area contributed by atoms with Gasteiger partial charge in [-0.3, -0.25) is 14.2 Å². The number of aromatic nitrogens is 2. The van der Waals surface area contributed by atoms with Crippen LogP contribution in [0.1, 0.15) is 17.3 Å². The first-order chi connectivity index (χ1) is 9.18. The lowest BCUT2D eigenvalue weighted by molar-refractivity contribution is 0.101. The van der Waals surface area contributed by atoms with Gasteiger partial charge in [0.05, 0.1) is 18.4 Å². The Bertz CT molecular complexity index is 634. The smallest absolute Gasteiger partial charge is 0.253 e. The van der Waals surface area contributed by atoms with Crippen LogP contribution in [0.4, 0.5) is 0 Å². The Morgan fingerprint density at radius 1 is 1.32 bits per heavy atom. The van der Waals surface area contributed by atoms with E-state index in [0.717, 1.165) is 0 Å². The maximum absolute atomic E-state index is 11.5. The standard InChI is InChI=1S/C14H14N2O3/c1-11(17)12-4-2-3-5-13(12)19-9-8-16-10-15-7-6-14(16)18/h2-7,10H,8-9H2,1H3. The molecule has 0 amide bonds. The number of rotatable bonds is 5. The molecule has 0 aliphatic heterocycles. The van der Waals surface area contributed by atoms with Crippen LogP contribution in [0.2, 0.25) is 0 Å². The van der Waals surface area contributed by atoms with Gasteiger partial charge in [0.25, 0.3) is 5.56 Å². The maximum atomic E-state index is 11.5. The molecule has 0 spiro atoms. The van der Waals surface area contributed by atoms with E-state index in [1.807, 2.05) is 0 Å². The van der Waals surface area contributed by atoms with Crippen molar-refractivity contribution in [1.29, 1.82) is 0 Å². The molecule has 2 rings (SSSR count). The molecule has 0 aliphatic rings. The average molecular weight is 258 g/mol. The van der Waals surface area contributed by atoms with Crippen LogP contribution in [-0.2, 0) is 6.54 Å². The molecule has 0 bridgehead atoms. The largest absolute Gasteiger partial charge is 0.491 e. The van der Waals surface area contributed by atoms with Gasteiger partial charge in [-0.25, -0.2) is 4.98 Å². The zero-order chi connectivity index (χ0) is 13.7. The minimum Gasteiger partial charge on any atom is -0.491 e. The molecule has 5 nitrogen and oxygen atoms in total. The van der Waals surface area contributed by atoms with E-state index in [0.29, 0.717) is 24.5 Å². The van der Waals surface area contributed by atoms with Crippen LogP contribution in [0.3, 0.4) is 0 Å². The number of para-hydroxylation sites is 1. The van der Waals surface area contributed by atoms with E-state index < -0.39 is 0 Å². The highest BCUT2D eigenvalue weighted by molar-refractivity contribution is 5.96. The fourth-order valence-electron chi connectivity index (χ4n) is 1.68. The van der Waals surface area contributed by atoms with Crippen molar-refractivity contribution in [3.05, 3.63) is 58.8 Å². The van der Waals surface area contributed by atoms with E-state index in [1.54, 1.807) is 24.3 Å². The Balaban J connectivity index is 2.02. The molecule has 0 N–H and O–H groups in total. The van der Waals surface area contributed by atoms with Crippen molar-refractivity contribution in [3.8, 4) is 5.75 Å². The molecule has 0 fully saturated rings. The molecular formula is C14H14N2O3. The third kappa shape index (κ3) is 3.28. The van der Waals surface area contributed by atoms with Crippen molar-refractivity contribution in [1.82, 2.24) is 9.55 Å². The molecule has 19 heavy (non-hydrogen) atoms. The first kappa shape index (κ1) is 13.0. The Hall–Kier alpha value is -2.43. The molecule has 98 valence electrons. The third-order valence-corrected chi connectivity index (χ3v) is 2.65. The molecule has 0 atom stereocenters. The summed E-state index contributed by atoms with van der Waals surface area (Å²) in [7, 11) is 0. The number of carbonyl (C=O) groups is 1. The van der Waals surface area contributed by atoms with Crippen LogP contribution >= 0.6 is 0 Å². The fourth-order valence-corrected chi connectivity index (χ4v) is 1.68. The summed E-state index contributed by atoms with van der Waals surface area (Å²) in [5.41, 5.74) is 0.416. The quantitative estimate of drug-likeness (QED) is 0.763. The molecule has 1 heterocycles. The molecule has 5 heteroatoms. The Labute approximate surface area is 110 Å². The minimum absolute atomic E-state index is 0.0471. The molecule has 2 aromatic rings. The van der Waals surface area contributed by atoms with E-state index in [9.17, 15) is 9.59 Å². The Kier molecular flexibility index (Phi) is 4.07. The number of ether oxygens (including phenoxy) is 1. The van der Waals surface area contributed by atoms with Gasteiger partial charge < -0.3 is 4.74 Å². The van der Waals surface area contributed by atoms with Crippen LogP contribution in [-0.4, -0.2) is 21.9 Å². The maximum Gasteiger partial charge on any atom is 0.253 e. The molecular weight excluding hydrogens is 244 g/mol. The predicted molar refractivity (Wildman–Crippen MR) is 70.4 cm³/mol. The van der Waals surface area contributed by atoms with E-state index >= 15 is 0 Å². The molecule has 1 aromatic carbocycles. The molecule has 0 saturated heterocycles. The van der Waals surface area contributed by atoms with Gasteiger partial charge in [0.1, 0.15) is 12.4 Å². The van der Waals surface area contributed by atoms with Crippen LogP contribution in [0.5, 0.6) is 5.75 Å². The van der Waals surface area contributed by atoms with Gasteiger partial charge in [0, 0.05) is 12.3 Å². The number of benzene rings is 1. The second-order valence-electron chi connectivity index (χ2n) is 4.01. The molecule has 0 saturated carbocycles. The van der Waals surface area contributed by atoms with E-state index in [1.165, 1.54) is 30.1 Å². The van der Waals surface area contributed by atoms with Crippen LogP contribution in [0.25, 0.3) is 0 Å². The highest BCUT2D eigenvalue weighted by Gasteiger charge is 2.07. The van der Waals surface area contributed by atoms with Crippen molar-refractivity contribution in [2.45, 2.75) is 13.5 Å². The first-order valence-electron chi connectivity index (χ1n) is 5.91. The predicted octanol–water partition coefficient (Wildman–Crippen LogP) is 1.52. The topological polar surface area (TPSA) is 61.2 Å². The van der Waals surface area contributed by atoms with Crippen LogP contribution in [0.15, 0.2) is 47.7 Å². The summed E-state index contributed by atoms with van der Waals surface area (Å²) in [5, 5.41) is 0. The number of carbonyl (C=O) groups excluding carboxylic acids is 1. The van der Waals surface area contributed by atoms with Gasteiger partial charge in [-0.05, 0) is 19.1 Å². The summed E-state index contributed by atoms with van der Waals surface area (Å²) in [6.45, 7) is 2.18.